The van der Waals surface area contributed by atoms with Crippen LogP contribution in [-0.4, -0.2) is 14.8 Å². The van der Waals surface area contributed by atoms with Gasteiger partial charge < -0.3 is 0 Å². The quantitative estimate of drug-likeness (QED) is 0.470. The normalized spacial score (nSPS) is 8.83. The van der Waals surface area contributed by atoms with Crippen molar-refractivity contribution in [2.24, 2.45) is 0 Å². The van der Waals surface area contributed by atoms with Crippen molar-refractivity contribution in [2.45, 2.75) is 6.92 Å². The third kappa shape index (κ3) is 0.514. The predicted octanol–water partition coefficient (Wildman–Crippen LogP) is 0.242. The molecule has 0 amide bonds. The van der Waals surface area contributed by atoms with Crippen LogP contribution in [0, 0.1) is 6.92 Å². The van der Waals surface area contributed by atoms with Crippen LogP contribution in [0.4, 0.5) is 0 Å². The van der Waals surface area contributed by atoms with E-state index < -0.39 is 0 Å². The molecule has 0 spiro atoms. The van der Waals surface area contributed by atoms with Gasteiger partial charge in [0.25, 0.3) is 0 Å². The molecule has 0 saturated heterocycles. The molecule has 1 aromatic heterocycles. The molecule has 0 aliphatic rings. The largest absolute Gasteiger partial charge is 0.134 e. The minimum atomic E-state index is 0.912. The van der Waals surface area contributed by atoms with E-state index in [2.05, 4.69) is 14.8 Å². The highest BCUT2D eigenvalue weighted by Gasteiger charge is 1.80. The highest BCUT2D eigenvalue weighted by molar-refractivity contribution is 7.05. The molecule has 0 aliphatic heterocycles. The van der Waals surface area contributed by atoms with Crippen LogP contribution < -0.4 is 0 Å². The van der Waals surface area contributed by atoms with Gasteiger partial charge in [-0.05, 0) is 12.1 Å². The van der Waals surface area contributed by atoms with Gasteiger partial charge in [0.05, 0.1) is 0 Å². The van der Waals surface area contributed by atoms with E-state index in [9.17, 15) is 0 Å². The molecular weight excluding hydrogens is 98.1 g/mol. The van der Waals surface area contributed by atoms with E-state index >= 15 is 0 Å². The topological polar surface area (TPSA) is 38.7 Å². The lowest BCUT2D eigenvalue weighted by Crippen LogP contribution is -1.66. The van der Waals surface area contributed by atoms with Crippen LogP contribution in [0.2, 0.25) is 0 Å². The first-order valence-corrected chi connectivity index (χ1v) is 2.28. The minimum absolute atomic E-state index is 0.912. The second-order valence-corrected chi connectivity index (χ2v) is 1.82. The van der Waals surface area contributed by atoms with Crippen molar-refractivity contribution in [3.8, 4) is 0 Å². The monoisotopic (exact) mass is 101 g/mol. The molecule has 0 aromatic carbocycles. The summed E-state index contributed by atoms with van der Waals surface area (Å²) < 4.78 is 3.50. The summed E-state index contributed by atoms with van der Waals surface area (Å²) in [7, 11) is 0. The van der Waals surface area contributed by atoms with Crippen LogP contribution in [-0.2, 0) is 0 Å². The Bertz CT molecular complexity index is 112. The summed E-state index contributed by atoms with van der Waals surface area (Å²) in [5.41, 5.74) is 0. The Morgan fingerprint density at radius 1 is 1.67 bits per heavy atom. The summed E-state index contributed by atoms with van der Waals surface area (Å²) in [5.74, 6) is 0. The van der Waals surface area contributed by atoms with Crippen LogP contribution in [0.25, 0.3) is 0 Å². The molecule has 0 fully saturated rings. The van der Waals surface area contributed by atoms with Crippen LogP contribution >= 0.6 is 11.5 Å². The highest BCUT2D eigenvalue weighted by Crippen LogP contribution is 1.89. The van der Waals surface area contributed by atoms with Crippen molar-refractivity contribution in [1.82, 2.24) is 14.8 Å². The van der Waals surface area contributed by atoms with Gasteiger partial charge in [0, 0.05) is 11.5 Å². The average Bonchev–Trinajstić information content (AvgIpc) is 1.86. The van der Waals surface area contributed by atoms with Crippen molar-refractivity contribution in [1.29, 1.82) is 0 Å². The minimum Gasteiger partial charge on any atom is -0.122 e. The molecular formula is C2H3N3S. The highest BCUT2D eigenvalue weighted by atomic mass is 32.1. The van der Waals surface area contributed by atoms with Crippen molar-refractivity contribution < 1.29 is 0 Å². The number of nitrogens with zero attached hydrogens (tertiary/aromatic N) is 3. The summed E-state index contributed by atoms with van der Waals surface area (Å²) in [6.07, 6.45) is 0. The number of rotatable bonds is 0. The van der Waals surface area contributed by atoms with E-state index in [0.29, 0.717) is 0 Å². The average molecular weight is 101 g/mol. The summed E-state index contributed by atoms with van der Waals surface area (Å²) >= 11 is 1.31. The maximum Gasteiger partial charge on any atom is 0.134 e. The summed E-state index contributed by atoms with van der Waals surface area (Å²) in [4.78, 5) is 0. The molecule has 6 heavy (non-hydrogen) atoms. The summed E-state index contributed by atoms with van der Waals surface area (Å²) in [6, 6.07) is 0. The number of aryl methyl sites for hydroxylation is 1. The first kappa shape index (κ1) is 3.67. The van der Waals surface area contributed by atoms with Gasteiger partial charge in [-0.1, -0.05) is 4.49 Å². The molecule has 1 rings (SSSR count). The molecule has 0 unspecified atom stereocenters. The van der Waals surface area contributed by atoms with Gasteiger partial charge in [-0.25, -0.2) is 0 Å². The van der Waals surface area contributed by atoms with Gasteiger partial charge in [0.2, 0.25) is 0 Å². The maximum absolute atomic E-state index is 3.57. The number of aromatic nitrogens is 3. The maximum atomic E-state index is 3.57. The zero-order chi connectivity index (χ0) is 4.41. The molecule has 4 heteroatoms. The van der Waals surface area contributed by atoms with Gasteiger partial charge in [0.1, 0.15) is 5.01 Å². The molecule has 0 aliphatic carbocycles. The van der Waals surface area contributed by atoms with E-state index in [1.165, 1.54) is 11.5 Å². The number of hydrogen-bond acceptors (Lipinski definition) is 4. The third-order valence-corrected chi connectivity index (χ3v) is 0.896. The first-order valence-electron chi connectivity index (χ1n) is 1.51. The van der Waals surface area contributed by atoms with Crippen LogP contribution in [0.15, 0.2) is 0 Å². The summed E-state index contributed by atoms with van der Waals surface area (Å²) in [5, 5.41) is 7.83. The molecule has 1 aromatic rings. The van der Waals surface area contributed by atoms with Gasteiger partial charge >= 0.3 is 0 Å². The fourth-order valence-corrected chi connectivity index (χ4v) is 0.441. The van der Waals surface area contributed by atoms with E-state index in [-0.39, 0.29) is 0 Å². The van der Waals surface area contributed by atoms with Crippen molar-refractivity contribution in [2.75, 3.05) is 0 Å². The zero-order valence-electron chi connectivity index (χ0n) is 3.25. The van der Waals surface area contributed by atoms with E-state index in [1.807, 2.05) is 6.92 Å². The molecule has 32 valence electrons. The second kappa shape index (κ2) is 1.30. The van der Waals surface area contributed by atoms with Crippen molar-refractivity contribution in [3.63, 3.8) is 0 Å². The fourth-order valence-electron chi connectivity index (χ4n) is 0.177. The predicted molar refractivity (Wildman–Crippen MR) is 22.4 cm³/mol. The lowest BCUT2D eigenvalue weighted by Gasteiger charge is -1.58. The van der Waals surface area contributed by atoms with Crippen molar-refractivity contribution in [3.05, 3.63) is 5.01 Å². The first-order chi connectivity index (χ1) is 2.89. The molecule has 1 heterocycles. The lowest BCUT2D eigenvalue weighted by atomic mass is 10.9. The lowest BCUT2D eigenvalue weighted by molar-refractivity contribution is 0.938. The zero-order valence-corrected chi connectivity index (χ0v) is 4.07. The van der Waals surface area contributed by atoms with Gasteiger partial charge in [-0.3, -0.25) is 0 Å². The van der Waals surface area contributed by atoms with E-state index in [4.69, 9.17) is 0 Å². The Morgan fingerprint density at radius 3 is 2.67 bits per heavy atom. The smallest absolute Gasteiger partial charge is 0.122 e. The standard InChI is InChI=1S/C2H3N3S/c1-2-3-4-5-6-2/h1H3. The number of hydrogen-bond donors (Lipinski definition) is 0. The Kier molecular flexibility index (Phi) is 0.795. The molecule has 0 radical (unpaired) electrons. The van der Waals surface area contributed by atoms with Crippen molar-refractivity contribution >= 4 is 11.5 Å². The van der Waals surface area contributed by atoms with Gasteiger partial charge in [-0.15, -0.1) is 5.10 Å². The van der Waals surface area contributed by atoms with Crippen LogP contribution in [0.1, 0.15) is 5.01 Å². The Morgan fingerprint density at radius 2 is 2.50 bits per heavy atom. The Balaban J connectivity index is 3.05. The van der Waals surface area contributed by atoms with E-state index in [0.717, 1.165) is 5.01 Å². The van der Waals surface area contributed by atoms with Crippen LogP contribution in [0.3, 0.4) is 0 Å². The molecule has 0 atom stereocenters. The third-order valence-electron chi connectivity index (χ3n) is 0.395. The molecule has 0 bridgehead atoms. The van der Waals surface area contributed by atoms with Gasteiger partial charge in [0.15, 0.2) is 0 Å². The second-order valence-electron chi connectivity index (χ2n) is 0.881. The summed E-state index contributed by atoms with van der Waals surface area (Å²) in [6.45, 7) is 1.87. The van der Waals surface area contributed by atoms with Crippen LogP contribution in [0.5, 0.6) is 0 Å². The van der Waals surface area contributed by atoms with Gasteiger partial charge in [-0.2, -0.15) is 0 Å². The fraction of sp³-hybridized carbons (Fsp3) is 0.500. The Labute approximate surface area is 39.2 Å². The Hall–Kier alpha value is -0.510. The molecule has 3 nitrogen and oxygen atoms in total. The van der Waals surface area contributed by atoms with E-state index in [1.54, 1.807) is 0 Å². The SMILES string of the molecule is Cc1nnns1. The molecule has 0 N–H and O–H groups in total. The molecule has 0 saturated carbocycles.